The van der Waals surface area contributed by atoms with E-state index in [9.17, 15) is 0 Å². The maximum Gasteiger partial charge on any atom is 0.0861 e. The summed E-state index contributed by atoms with van der Waals surface area (Å²) in [5.74, 6) is 0. The molecular weight excluding hydrogens is 79.3 g/mol. The van der Waals surface area contributed by atoms with Gasteiger partial charge in [0.2, 0.25) is 0 Å². The summed E-state index contributed by atoms with van der Waals surface area (Å²) in [5.41, 5.74) is 0. The van der Waals surface area contributed by atoms with Crippen molar-refractivity contribution < 1.29 is 0 Å². The fourth-order valence-corrected chi connectivity index (χ4v) is 0.820. The van der Waals surface area contributed by atoms with Crippen molar-refractivity contribution in [3.05, 3.63) is 0 Å². The molecule has 0 bridgehead atoms. The van der Waals surface area contributed by atoms with Crippen LogP contribution in [0.25, 0.3) is 0 Å². The maximum atomic E-state index is 2.25. The Balaban J connectivity index is 2.12. The van der Waals surface area contributed by atoms with Crippen LogP contribution in [0.5, 0.6) is 0 Å². The molecule has 0 aromatic rings. The summed E-state index contributed by atoms with van der Waals surface area (Å²) >= 11 is 0. The summed E-state index contributed by atoms with van der Waals surface area (Å²) < 4.78 is 0. The summed E-state index contributed by atoms with van der Waals surface area (Å²) in [7, 11) is 6.64. The van der Waals surface area contributed by atoms with E-state index in [2.05, 4.69) is 28.1 Å². The van der Waals surface area contributed by atoms with E-state index >= 15 is 0 Å². The van der Waals surface area contributed by atoms with Crippen molar-refractivity contribution in [3.8, 4) is 0 Å². The summed E-state index contributed by atoms with van der Waals surface area (Å²) in [5, 5.41) is 0. The van der Waals surface area contributed by atoms with Crippen LogP contribution in [0, 0.1) is 0 Å². The minimum absolute atomic E-state index is 0.824. The highest BCUT2D eigenvalue weighted by Gasteiger charge is 2.11. The molecule has 0 N–H and O–H groups in total. The maximum absolute atomic E-state index is 2.25. The van der Waals surface area contributed by atoms with Crippen LogP contribution < -0.4 is 0 Å². The van der Waals surface area contributed by atoms with Gasteiger partial charge >= 0.3 is 0 Å². The largest absolute Gasteiger partial charge is 0.0964 e. The van der Waals surface area contributed by atoms with Gasteiger partial charge in [0, 0.05) is 14.1 Å². The van der Waals surface area contributed by atoms with E-state index in [-0.39, 0.29) is 0 Å². The highest BCUT2D eigenvalue weighted by Crippen LogP contribution is 1.99. The molecule has 4 heteroatoms. The van der Waals surface area contributed by atoms with Gasteiger partial charge in [-0.15, -0.1) is 0 Å². The van der Waals surface area contributed by atoms with E-state index in [1.807, 2.05) is 0 Å². The molecule has 0 aliphatic carbocycles. The molecule has 0 saturated carbocycles. The van der Waals surface area contributed by atoms with Crippen LogP contribution >= 0.6 is 0 Å². The summed E-state index contributed by atoms with van der Waals surface area (Å²) in [6, 6.07) is 0. The molecule has 1 rings (SSSR count). The predicted molar refractivity (Wildman–Crippen MR) is 38.5 cm³/mol. The van der Waals surface area contributed by atoms with Gasteiger partial charge in [-0.2, -0.15) is 0 Å². The van der Waals surface area contributed by atoms with Gasteiger partial charge in [0.1, 0.15) is 0 Å². The second-order valence-electron chi connectivity index (χ2n) is 2.18. The van der Waals surface area contributed by atoms with E-state index < -0.39 is 0 Å². The molecule has 0 nitrogen and oxygen atoms in total. The molecule has 0 spiro atoms. The minimum atomic E-state index is 0.824. The van der Waals surface area contributed by atoms with Gasteiger partial charge < -0.3 is 0 Å². The fourth-order valence-electron chi connectivity index (χ4n) is 0.820. The number of hydrogen-bond acceptors (Lipinski definition) is 0. The Hall–Kier alpha value is 0.260. The van der Waals surface area contributed by atoms with E-state index in [1.165, 1.54) is 12.6 Å². The van der Waals surface area contributed by atoms with Crippen LogP contribution in [-0.4, -0.2) is 27.9 Å². The molecule has 0 atom stereocenters. The highest BCUT2D eigenvalue weighted by molar-refractivity contribution is 7.49. The van der Waals surface area contributed by atoms with Crippen LogP contribution in [-0.2, 0) is 0 Å². The summed E-state index contributed by atoms with van der Waals surface area (Å²) in [6.45, 7) is 3.08. The standard InChI is InChI=1S/C3H7B4/c1-7-3-2-4-5-6-7/h2-3H2,1H3. The second-order valence-corrected chi connectivity index (χ2v) is 2.18. The van der Waals surface area contributed by atoms with Gasteiger partial charge in [0.15, 0.2) is 0 Å². The minimum Gasteiger partial charge on any atom is -0.0964 e. The number of rotatable bonds is 0. The third-order valence-electron chi connectivity index (χ3n) is 1.36. The van der Waals surface area contributed by atoms with E-state index in [4.69, 9.17) is 0 Å². The van der Waals surface area contributed by atoms with Crippen molar-refractivity contribution in [1.82, 2.24) is 0 Å². The average Bonchev–Trinajstić information content (AvgIpc) is 1.69. The van der Waals surface area contributed by atoms with Crippen LogP contribution in [0.4, 0.5) is 0 Å². The van der Waals surface area contributed by atoms with Gasteiger partial charge in [-0.3, -0.25) is 0 Å². The predicted octanol–water partition coefficient (Wildman–Crippen LogP) is -0.0178. The van der Waals surface area contributed by atoms with E-state index in [0.29, 0.717) is 0 Å². The van der Waals surface area contributed by atoms with E-state index in [0.717, 1.165) is 6.60 Å². The molecule has 0 aromatic carbocycles. The molecular formula is C3H7B4. The zero-order valence-electron chi connectivity index (χ0n) is 4.72. The average molecular weight is 86.3 g/mol. The lowest BCUT2D eigenvalue weighted by molar-refractivity contribution is 1.42. The first kappa shape index (κ1) is 5.40. The normalized spacial score (nSPS) is 19.3. The molecule has 7 heavy (non-hydrogen) atoms. The first-order valence-electron chi connectivity index (χ1n) is 2.89. The molecule has 1 heterocycles. The quantitative estimate of drug-likeness (QED) is 0.364. The van der Waals surface area contributed by atoms with Crippen molar-refractivity contribution in [2.24, 2.45) is 0 Å². The second kappa shape index (κ2) is 2.54. The van der Waals surface area contributed by atoms with Gasteiger partial charge in [-0.1, -0.05) is 19.5 Å². The molecule has 3 radical (unpaired) electrons. The Kier molecular flexibility index (Phi) is 1.96. The van der Waals surface area contributed by atoms with Crippen molar-refractivity contribution in [2.75, 3.05) is 0 Å². The van der Waals surface area contributed by atoms with Gasteiger partial charge in [0.25, 0.3) is 0 Å². The Morgan fingerprint density at radius 3 is 2.71 bits per heavy atom. The SMILES string of the molecule is CB1[B][B][B]CC1. The number of hydrogen-bond donors (Lipinski definition) is 0. The molecule has 1 saturated heterocycles. The van der Waals surface area contributed by atoms with Crippen LogP contribution in [0.1, 0.15) is 0 Å². The van der Waals surface area contributed by atoms with Crippen LogP contribution in [0.15, 0.2) is 0 Å². The molecule has 1 aliphatic rings. The van der Waals surface area contributed by atoms with Crippen molar-refractivity contribution in [2.45, 2.75) is 19.5 Å². The third kappa shape index (κ3) is 1.66. The van der Waals surface area contributed by atoms with Crippen molar-refractivity contribution in [1.29, 1.82) is 0 Å². The zero-order valence-corrected chi connectivity index (χ0v) is 4.72. The Labute approximate surface area is 48.2 Å². The zero-order chi connectivity index (χ0) is 5.11. The molecule has 1 aliphatic heterocycles. The lowest BCUT2D eigenvalue weighted by Gasteiger charge is -2.10. The van der Waals surface area contributed by atoms with E-state index in [1.54, 1.807) is 0 Å². The first-order chi connectivity index (χ1) is 3.39. The lowest BCUT2D eigenvalue weighted by Crippen LogP contribution is -2.32. The molecule has 0 unspecified atom stereocenters. The highest BCUT2D eigenvalue weighted by atomic mass is 13.6. The smallest absolute Gasteiger partial charge is 0.0861 e. The monoisotopic (exact) mass is 87.1 g/mol. The Morgan fingerprint density at radius 2 is 2.43 bits per heavy atom. The van der Waals surface area contributed by atoms with Crippen molar-refractivity contribution >= 4 is 27.9 Å². The Morgan fingerprint density at radius 1 is 1.57 bits per heavy atom. The van der Waals surface area contributed by atoms with Gasteiger partial charge in [0.05, 0.1) is 13.8 Å². The lowest BCUT2D eigenvalue weighted by atomic mass is 8.96. The van der Waals surface area contributed by atoms with Crippen LogP contribution in [0.2, 0.25) is 19.5 Å². The van der Waals surface area contributed by atoms with Gasteiger partial charge in [-0.05, 0) is 0 Å². The third-order valence-corrected chi connectivity index (χ3v) is 1.36. The molecule has 1 fully saturated rings. The van der Waals surface area contributed by atoms with Crippen LogP contribution in [0.3, 0.4) is 0 Å². The van der Waals surface area contributed by atoms with Crippen molar-refractivity contribution in [3.63, 3.8) is 0 Å². The summed E-state index contributed by atoms with van der Waals surface area (Å²) in [6.07, 6.45) is 2.62. The van der Waals surface area contributed by atoms with Gasteiger partial charge in [-0.25, -0.2) is 0 Å². The summed E-state index contributed by atoms with van der Waals surface area (Å²) in [4.78, 5) is 0. The molecule has 31 valence electrons. The first-order valence-corrected chi connectivity index (χ1v) is 2.89. The molecule has 0 amide bonds. The fraction of sp³-hybridized carbons (Fsp3) is 1.00. The molecule has 0 aromatic heterocycles. The Bertz CT molecular complexity index is 48.9. The topological polar surface area (TPSA) is 0 Å².